The van der Waals surface area contributed by atoms with Gasteiger partial charge in [0.2, 0.25) is 0 Å². The van der Waals surface area contributed by atoms with Crippen molar-refractivity contribution >= 4 is 38.4 Å². The second-order valence-corrected chi connectivity index (χ2v) is 11.0. The van der Waals surface area contributed by atoms with Gasteiger partial charge in [-0.3, -0.25) is 9.79 Å². The van der Waals surface area contributed by atoms with Crippen molar-refractivity contribution in [1.29, 1.82) is 0 Å². The van der Waals surface area contributed by atoms with Crippen molar-refractivity contribution in [2.75, 3.05) is 37.6 Å². The SMILES string of the molecule is COc1ccc(CCNC(=O)c2ccc(NC3=NC4CS(=O)(=O)CC4S3)cc2)c(OC)c1. The quantitative estimate of drug-likeness (QED) is 0.633. The van der Waals surface area contributed by atoms with E-state index >= 15 is 0 Å². The van der Waals surface area contributed by atoms with Crippen molar-refractivity contribution < 1.29 is 22.7 Å². The van der Waals surface area contributed by atoms with Gasteiger partial charge in [-0.1, -0.05) is 17.8 Å². The number of fused-ring (bicyclic) bond motifs is 1. The molecule has 1 saturated heterocycles. The van der Waals surface area contributed by atoms with E-state index in [1.165, 1.54) is 11.8 Å². The maximum Gasteiger partial charge on any atom is 0.251 e. The van der Waals surface area contributed by atoms with E-state index in [1.54, 1.807) is 26.4 Å². The molecule has 1 fully saturated rings. The molecule has 2 aliphatic heterocycles. The fraction of sp³-hybridized carbons (Fsp3) is 0.364. The molecule has 1 amide bonds. The maximum atomic E-state index is 12.5. The molecule has 2 aromatic rings. The van der Waals surface area contributed by atoms with Crippen LogP contribution in [0.3, 0.4) is 0 Å². The number of anilines is 1. The Morgan fingerprint density at radius 1 is 1.12 bits per heavy atom. The summed E-state index contributed by atoms with van der Waals surface area (Å²) in [5, 5.41) is 6.86. The summed E-state index contributed by atoms with van der Waals surface area (Å²) in [6, 6.07) is 12.6. The summed E-state index contributed by atoms with van der Waals surface area (Å²) in [6.07, 6.45) is 0.633. The maximum absolute atomic E-state index is 12.5. The van der Waals surface area contributed by atoms with Gasteiger partial charge >= 0.3 is 0 Å². The highest BCUT2D eigenvalue weighted by Gasteiger charge is 2.42. The molecule has 8 nitrogen and oxygen atoms in total. The van der Waals surface area contributed by atoms with E-state index in [0.717, 1.165) is 27.9 Å². The van der Waals surface area contributed by atoms with Gasteiger partial charge in [0.1, 0.15) is 11.5 Å². The second kappa shape index (κ2) is 9.41. The summed E-state index contributed by atoms with van der Waals surface area (Å²) in [5.41, 5.74) is 2.35. The first-order chi connectivity index (χ1) is 15.4. The Balaban J connectivity index is 1.28. The first kappa shape index (κ1) is 22.5. The lowest BCUT2D eigenvalue weighted by atomic mass is 10.1. The number of sulfone groups is 1. The van der Waals surface area contributed by atoms with Crippen molar-refractivity contribution in [3.63, 3.8) is 0 Å². The Kier molecular flexibility index (Phi) is 6.61. The zero-order valence-electron chi connectivity index (χ0n) is 17.8. The molecule has 2 aromatic carbocycles. The Hall–Kier alpha value is -2.72. The van der Waals surface area contributed by atoms with Crippen molar-refractivity contribution in [3.05, 3.63) is 53.6 Å². The van der Waals surface area contributed by atoms with E-state index < -0.39 is 9.84 Å². The highest BCUT2D eigenvalue weighted by atomic mass is 32.2. The molecule has 2 unspecified atom stereocenters. The average Bonchev–Trinajstić information content (AvgIpc) is 3.26. The summed E-state index contributed by atoms with van der Waals surface area (Å²) in [4.78, 5) is 17.0. The van der Waals surface area contributed by atoms with Gasteiger partial charge in [0, 0.05) is 29.1 Å². The molecule has 0 saturated carbocycles. The highest BCUT2D eigenvalue weighted by Crippen LogP contribution is 2.34. The minimum absolute atomic E-state index is 0.00289. The molecule has 2 N–H and O–H groups in total. The molecule has 10 heteroatoms. The predicted molar refractivity (Wildman–Crippen MR) is 127 cm³/mol. The van der Waals surface area contributed by atoms with Crippen LogP contribution in [0.15, 0.2) is 47.5 Å². The number of thioether (sulfide) groups is 1. The topological polar surface area (TPSA) is 106 Å². The number of aliphatic imine (C=N–C) groups is 1. The molecule has 4 rings (SSSR count). The first-order valence-corrected chi connectivity index (χ1v) is 12.9. The van der Waals surface area contributed by atoms with Gasteiger partial charge in [0.25, 0.3) is 5.91 Å². The Morgan fingerprint density at radius 2 is 1.91 bits per heavy atom. The number of carbonyl (C=O) groups is 1. The Bertz CT molecular complexity index is 1130. The number of nitrogens with zero attached hydrogens (tertiary/aromatic N) is 1. The molecule has 0 radical (unpaired) electrons. The number of nitrogens with one attached hydrogen (secondary N) is 2. The van der Waals surface area contributed by atoms with Gasteiger partial charge in [0.05, 0.1) is 31.8 Å². The fourth-order valence-electron chi connectivity index (χ4n) is 3.72. The monoisotopic (exact) mass is 475 g/mol. The third-order valence-electron chi connectivity index (χ3n) is 5.39. The number of rotatable bonds is 7. The van der Waals surface area contributed by atoms with Crippen LogP contribution < -0.4 is 20.1 Å². The lowest BCUT2D eigenvalue weighted by molar-refractivity contribution is 0.0954. The van der Waals surface area contributed by atoms with Crippen molar-refractivity contribution in [2.45, 2.75) is 17.7 Å². The summed E-state index contributed by atoms with van der Waals surface area (Å²) >= 11 is 1.47. The van der Waals surface area contributed by atoms with Crippen LogP contribution in [-0.2, 0) is 16.3 Å². The van der Waals surface area contributed by atoms with Crippen LogP contribution in [0.1, 0.15) is 15.9 Å². The van der Waals surface area contributed by atoms with Crippen LogP contribution in [0, 0.1) is 0 Å². The van der Waals surface area contributed by atoms with E-state index in [1.807, 2.05) is 30.3 Å². The smallest absolute Gasteiger partial charge is 0.251 e. The van der Waals surface area contributed by atoms with E-state index in [-0.39, 0.29) is 28.7 Å². The van der Waals surface area contributed by atoms with E-state index in [9.17, 15) is 13.2 Å². The van der Waals surface area contributed by atoms with Gasteiger partial charge in [-0.15, -0.1) is 0 Å². The van der Waals surface area contributed by atoms with Crippen LogP contribution in [0.4, 0.5) is 5.69 Å². The molecule has 170 valence electrons. The van der Waals surface area contributed by atoms with Gasteiger partial charge in [-0.05, 0) is 42.3 Å². The van der Waals surface area contributed by atoms with Crippen LogP contribution >= 0.6 is 11.8 Å². The first-order valence-electron chi connectivity index (χ1n) is 10.2. The number of carbonyl (C=O) groups excluding carboxylic acids is 1. The molecule has 0 aliphatic carbocycles. The molecule has 2 heterocycles. The third kappa shape index (κ3) is 5.18. The molecular weight excluding hydrogens is 450 g/mol. The van der Waals surface area contributed by atoms with Gasteiger partial charge in [-0.2, -0.15) is 0 Å². The molecule has 2 aliphatic rings. The van der Waals surface area contributed by atoms with Crippen LogP contribution in [-0.4, -0.2) is 63.1 Å². The number of hydrogen-bond donors (Lipinski definition) is 2. The molecule has 0 spiro atoms. The van der Waals surface area contributed by atoms with Gasteiger partial charge in [-0.25, -0.2) is 8.42 Å². The lowest BCUT2D eigenvalue weighted by Gasteiger charge is -2.11. The number of hydrogen-bond acceptors (Lipinski definition) is 8. The highest BCUT2D eigenvalue weighted by molar-refractivity contribution is 8.15. The van der Waals surface area contributed by atoms with E-state index in [0.29, 0.717) is 18.5 Å². The zero-order chi connectivity index (χ0) is 22.7. The number of benzene rings is 2. The van der Waals surface area contributed by atoms with Crippen molar-refractivity contribution in [3.8, 4) is 11.5 Å². The van der Waals surface area contributed by atoms with E-state index in [4.69, 9.17) is 9.47 Å². The molecule has 0 aromatic heterocycles. The normalized spacial score (nSPS) is 20.9. The third-order valence-corrected chi connectivity index (χ3v) is 8.53. The number of amides is 1. The number of amidine groups is 1. The minimum Gasteiger partial charge on any atom is -0.497 e. The molecule has 0 bridgehead atoms. The summed E-state index contributed by atoms with van der Waals surface area (Å²) < 4.78 is 33.9. The van der Waals surface area contributed by atoms with Crippen LogP contribution in [0.5, 0.6) is 11.5 Å². The fourth-order valence-corrected chi connectivity index (χ4v) is 7.39. The van der Waals surface area contributed by atoms with Crippen LogP contribution in [0.25, 0.3) is 0 Å². The van der Waals surface area contributed by atoms with Crippen molar-refractivity contribution in [1.82, 2.24) is 5.32 Å². The molecule has 32 heavy (non-hydrogen) atoms. The Labute approximate surface area is 191 Å². The van der Waals surface area contributed by atoms with Gasteiger partial charge < -0.3 is 20.1 Å². The number of methoxy groups -OCH3 is 2. The standard InChI is InChI=1S/C22H25N3O5S2/c1-29-17-8-5-14(19(11-17)30-2)9-10-23-21(26)15-3-6-16(7-4-15)24-22-25-18-12-32(27,28)13-20(18)31-22/h3-8,11,18,20H,9-10,12-13H2,1-2H3,(H,23,26)(H,24,25). The largest absolute Gasteiger partial charge is 0.497 e. The van der Waals surface area contributed by atoms with E-state index in [2.05, 4.69) is 15.6 Å². The summed E-state index contributed by atoms with van der Waals surface area (Å²) in [6.45, 7) is 0.473. The molecular formula is C22H25N3O5S2. The zero-order valence-corrected chi connectivity index (χ0v) is 19.5. The van der Waals surface area contributed by atoms with Crippen LogP contribution in [0.2, 0.25) is 0 Å². The Morgan fingerprint density at radius 3 is 2.59 bits per heavy atom. The summed E-state index contributed by atoms with van der Waals surface area (Å²) in [5.74, 6) is 1.59. The molecule has 2 atom stereocenters. The predicted octanol–water partition coefficient (Wildman–Crippen LogP) is 2.36. The van der Waals surface area contributed by atoms with Crippen molar-refractivity contribution in [2.24, 2.45) is 4.99 Å². The number of ether oxygens (including phenoxy) is 2. The minimum atomic E-state index is -2.96. The lowest BCUT2D eigenvalue weighted by Crippen LogP contribution is -2.25. The van der Waals surface area contributed by atoms with Gasteiger partial charge in [0.15, 0.2) is 15.0 Å². The second-order valence-electron chi connectivity index (χ2n) is 7.62. The summed E-state index contributed by atoms with van der Waals surface area (Å²) in [7, 11) is 0.249. The average molecular weight is 476 g/mol.